The Morgan fingerprint density at radius 2 is 2.03 bits per heavy atom. The fourth-order valence-corrected chi connectivity index (χ4v) is 5.05. The van der Waals surface area contributed by atoms with Gasteiger partial charge in [0.15, 0.2) is 11.5 Å². The number of rotatable bonds is 5. The van der Waals surface area contributed by atoms with Crippen LogP contribution in [0.4, 0.5) is 15.8 Å². The van der Waals surface area contributed by atoms with Crippen LogP contribution in [0.3, 0.4) is 0 Å². The van der Waals surface area contributed by atoms with Crippen LogP contribution in [0.25, 0.3) is 16.6 Å². The zero-order chi connectivity index (χ0) is 25.6. The van der Waals surface area contributed by atoms with Gasteiger partial charge in [-0.15, -0.1) is 0 Å². The molecule has 0 bridgehead atoms. The van der Waals surface area contributed by atoms with E-state index in [9.17, 15) is 14.4 Å². The molecule has 0 unspecified atom stereocenters. The Kier molecular flexibility index (Phi) is 5.95. The molecule has 0 saturated carbocycles. The number of carbonyl (C=O) groups is 1. The molecule has 8 nitrogen and oxygen atoms in total. The van der Waals surface area contributed by atoms with E-state index in [0.29, 0.717) is 29.0 Å². The van der Waals surface area contributed by atoms with E-state index in [4.69, 9.17) is 0 Å². The number of imidazole rings is 1. The van der Waals surface area contributed by atoms with Crippen molar-refractivity contribution < 1.29 is 9.18 Å². The van der Waals surface area contributed by atoms with Crippen LogP contribution in [-0.4, -0.2) is 44.9 Å². The number of halogens is 1. The lowest BCUT2D eigenvalue weighted by Crippen LogP contribution is -2.41. The molecule has 184 valence electrons. The minimum absolute atomic E-state index is 0.00193. The van der Waals surface area contributed by atoms with Gasteiger partial charge >= 0.3 is 0 Å². The maximum absolute atomic E-state index is 14.5. The fourth-order valence-electron chi connectivity index (χ4n) is 5.05. The highest BCUT2D eigenvalue weighted by Gasteiger charge is 2.38. The Balaban J connectivity index is 1.45. The minimum atomic E-state index is -0.500. The quantitative estimate of drug-likeness (QED) is 0.404. The summed E-state index contributed by atoms with van der Waals surface area (Å²) in [6.45, 7) is 10.4. The number of nitriles is 1. The lowest BCUT2D eigenvalue weighted by atomic mass is 9.34. The van der Waals surface area contributed by atoms with Gasteiger partial charge < -0.3 is 14.6 Å². The number of hydrogen-bond acceptors (Lipinski definition) is 5. The van der Waals surface area contributed by atoms with Crippen LogP contribution in [0.2, 0.25) is 12.1 Å². The first-order valence-electron chi connectivity index (χ1n) is 12.3. The summed E-state index contributed by atoms with van der Waals surface area (Å²) in [5.74, 6) is 1.57. The molecule has 0 radical (unpaired) electrons. The molecule has 1 amide bonds. The molecule has 4 aromatic rings. The fraction of sp³-hybridized carbons (Fsp3) is 0.385. The second-order valence-corrected chi connectivity index (χ2v) is 10.0. The molecule has 4 heterocycles. The Bertz CT molecular complexity index is 1510. The van der Waals surface area contributed by atoms with E-state index in [2.05, 4.69) is 33.2 Å². The third-order valence-electron chi connectivity index (χ3n) is 7.64. The van der Waals surface area contributed by atoms with E-state index < -0.39 is 5.82 Å². The van der Waals surface area contributed by atoms with Crippen LogP contribution in [0.5, 0.6) is 0 Å². The van der Waals surface area contributed by atoms with E-state index in [1.54, 1.807) is 29.8 Å². The van der Waals surface area contributed by atoms with Gasteiger partial charge in [0, 0.05) is 61.3 Å². The van der Waals surface area contributed by atoms with Crippen molar-refractivity contribution in [1.82, 2.24) is 19.2 Å². The van der Waals surface area contributed by atoms with Crippen LogP contribution < -0.4 is 10.2 Å². The van der Waals surface area contributed by atoms with Crippen molar-refractivity contribution >= 4 is 40.5 Å². The largest absolute Gasteiger partial charge is 0.371 e. The number of fused-ring (bicyclic) bond motifs is 2. The Labute approximate surface area is 209 Å². The first-order valence-corrected chi connectivity index (χ1v) is 12.3. The van der Waals surface area contributed by atoms with Crippen LogP contribution in [0.15, 0.2) is 36.8 Å². The molecule has 0 spiro atoms. The third-order valence-corrected chi connectivity index (χ3v) is 7.64. The lowest BCUT2D eigenvalue weighted by Gasteiger charge is -2.41. The number of aromatic nitrogens is 4. The van der Waals surface area contributed by atoms with E-state index in [-0.39, 0.29) is 23.6 Å². The van der Waals surface area contributed by atoms with Gasteiger partial charge in [0.05, 0.1) is 16.9 Å². The highest BCUT2D eigenvalue weighted by molar-refractivity contribution is 6.68. The van der Waals surface area contributed by atoms with E-state index >= 15 is 0 Å². The van der Waals surface area contributed by atoms with Crippen LogP contribution in [0.1, 0.15) is 42.7 Å². The Hall–Kier alpha value is -3.87. The smallest absolute Gasteiger partial charge is 0.270 e. The Morgan fingerprint density at radius 3 is 2.72 bits per heavy atom. The van der Waals surface area contributed by atoms with Crippen molar-refractivity contribution in [2.75, 3.05) is 23.3 Å². The van der Waals surface area contributed by atoms with Crippen LogP contribution in [0, 0.1) is 24.0 Å². The van der Waals surface area contributed by atoms with Gasteiger partial charge in [-0.2, -0.15) is 5.10 Å². The molecule has 3 aromatic heterocycles. The number of aryl methyl sites for hydroxylation is 2. The summed E-state index contributed by atoms with van der Waals surface area (Å²) in [5, 5.41) is 17.9. The molecular formula is C26H29BFN7O. The van der Waals surface area contributed by atoms with Gasteiger partial charge in [-0.1, -0.05) is 13.7 Å². The zero-order valence-electron chi connectivity index (χ0n) is 21.0. The summed E-state index contributed by atoms with van der Waals surface area (Å²) >= 11 is 0. The molecular weight excluding hydrogens is 456 g/mol. The maximum atomic E-state index is 14.5. The number of nitrogens with one attached hydrogen (secondary N) is 1. The summed E-state index contributed by atoms with van der Waals surface area (Å²) in [6.07, 6.45) is 7.20. The summed E-state index contributed by atoms with van der Waals surface area (Å²) in [7, 11) is 0. The van der Waals surface area contributed by atoms with Gasteiger partial charge in [0.2, 0.25) is 0 Å². The van der Waals surface area contributed by atoms with Crippen molar-refractivity contribution in [1.29, 1.82) is 5.26 Å². The SMILES string of the molecule is CCn1cc2c(N3CCC(C)(B(C)C#N)CC3)ccc(C(=O)Nc3cc(F)c4nc(C)cn4c3)c2n1. The van der Waals surface area contributed by atoms with E-state index in [0.717, 1.165) is 37.0 Å². The van der Waals surface area contributed by atoms with E-state index in [1.807, 2.05) is 30.7 Å². The zero-order valence-corrected chi connectivity index (χ0v) is 21.0. The average Bonchev–Trinajstić information content (AvgIpc) is 3.46. The van der Waals surface area contributed by atoms with Crippen LogP contribution in [-0.2, 0) is 6.54 Å². The number of piperidine rings is 1. The molecule has 1 aliphatic rings. The molecule has 36 heavy (non-hydrogen) atoms. The topological polar surface area (TPSA) is 91.2 Å². The summed E-state index contributed by atoms with van der Waals surface area (Å²) in [6, 6.07) is 5.04. The van der Waals surface area contributed by atoms with Gasteiger partial charge in [-0.25, -0.2) is 14.6 Å². The number of benzene rings is 1. The second-order valence-electron chi connectivity index (χ2n) is 10.0. The van der Waals surface area contributed by atoms with Gasteiger partial charge in [-0.05, 0) is 44.1 Å². The number of carbonyl (C=O) groups excluding carboxylic acids is 1. The summed E-state index contributed by atoms with van der Waals surface area (Å²) in [5.41, 5.74) is 3.35. The summed E-state index contributed by atoms with van der Waals surface area (Å²) in [4.78, 5) is 19.8. The minimum Gasteiger partial charge on any atom is -0.371 e. The van der Waals surface area contributed by atoms with Crippen molar-refractivity contribution in [2.45, 2.75) is 52.3 Å². The standard InChI is InChI=1S/C26H29BFN7O/c1-5-35-15-20-22(33-10-8-26(3,9-11-33)27(4)16-29)7-6-19(23(20)32-35)25(36)31-18-12-21(28)24-30-17(2)13-34(24)14-18/h6-7,12-15H,5,8-11H2,1-4H3,(H,31,36). The maximum Gasteiger partial charge on any atom is 0.270 e. The van der Waals surface area contributed by atoms with Crippen molar-refractivity contribution in [3.8, 4) is 5.97 Å². The third kappa shape index (κ3) is 4.08. The lowest BCUT2D eigenvalue weighted by molar-refractivity contribution is 0.102. The number of anilines is 2. The molecule has 1 saturated heterocycles. The second kappa shape index (κ2) is 8.97. The highest BCUT2D eigenvalue weighted by atomic mass is 19.1. The van der Waals surface area contributed by atoms with Crippen LogP contribution >= 0.6 is 0 Å². The molecule has 0 atom stereocenters. The van der Waals surface area contributed by atoms with Gasteiger partial charge in [0.25, 0.3) is 12.6 Å². The molecule has 1 aromatic carbocycles. The monoisotopic (exact) mass is 485 g/mol. The predicted octanol–water partition coefficient (Wildman–Crippen LogP) is 4.95. The molecule has 5 rings (SSSR count). The molecule has 10 heteroatoms. The highest BCUT2D eigenvalue weighted by Crippen LogP contribution is 2.43. The average molecular weight is 485 g/mol. The molecule has 0 aliphatic carbocycles. The first-order chi connectivity index (χ1) is 17.2. The Morgan fingerprint density at radius 1 is 1.28 bits per heavy atom. The number of pyridine rings is 1. The van der Waals surface area contributed by atoms with Gasteiger partial charge in [0.1, 0.15) is 5.52 Å². The molecule has 1 aliphatic heterocycles. The molecule has 1 N–H and O–H groups in total. The number of nitrogens with zero attached hydrogens (tertiary/aromatic N) is 6. The van der Waals surface area contributed by atoms with Crippen molar-refractivity contribution in [2.24, 2.45) is 0 Å². The van der Waals surface area contributed by atoms with Crippen molar-refractivity contribution in [3.05, 3.63) is 53.9 Å². The number of hydrogen-bond donors (Lipinski definition) is 1. The van der Waals surface area contributed by atoms with E-state index in [1.165, 1.54) is 6.07 Å². The first kappa shape index (κ1) is 23.9. The number of amides is 1. The van der Waals surface area contributed by atoms with Gasteiger partial charge in [-0.3, -0.25) is 9.48 Å². The summed E-state index contributed by atoms with van der Waals surface area (Å²) < 4.78 is 17.9. The predicted molar refractivity (Wildman–Crippen MR) is 140 cm³/mol. The van der Waals surface area contributed by atoms with Crippen molar-refractivity contribution in [3.63, 3.8) is 0 Å². The normalized spacial score (nSPS) is 15.3. The molecule has 1 fully saturated rings.